The maximum absolute atomic E-state index is 5.60. The Balaban J connectivity index is 1.13. The molecule has 4 nitrogen and oxygen atoms in total. The van der Waals surface area contributed by atoms with E-state index in [2.05, 4.69) is 211 Å². The van der Waals surface area contributed by atoms with Gasteiger partial charge in [0.1, 0.15) is 0 Å². The van der Waals surface area contributed by atoms with Gasteiger partial charge in [-0.3, -0.25) is 0 Å². The number of hydrogen-bond acceptors (Lipinski definition) is 5. The van der Waals surface area contributed by atoms with Crippen LogP contribution in [0.5, 0.6) is 0 Å². The molecular weight excluding hydrogens is 829 g/mol. The van der Waals surface area contributed by atoms with Crippen molar-refractivity contribution in [1.29, 1.82) is 0 Å². The lowest BCUT2D eigenvalue weighted by atomic mass is 10.0. The van der Waals surface area contributed by atoms with Crippen molar-refractivity contribution < 1.29 is 0 Å². The molecule has 65 heavy (non-hydrogen) atoms. The van der Waals surface area contributed by atoms with Crippen molar-refractivity contribution in [3.05, 3.63) is 206 Å². The summed E-state index contributed by atoms with van der Waals surface area (Å²) in [6.07, 6.45) is 0. The molecule has 0 aliphatic heterocycles. The van der Waals surface area contributed by atoms with Crippen molar-refractivity contribution in [2.75, 3.05) is 0 Å². The van der Waals surface area contributed by atoms with Gasteiger partial charge in [-0.1, -0.05) is 146 Å². The first kappa shape index (κ1) is 36.5. The van der Waals surface area contributed by atoms with E-state index in [0.717, 1.165) is 49.9 Å². The van der Waals surface area contributed by atoms with Gasteiger partial charge in [0.15, 0.2) is 17.5 Å². The fraction of sp³-hybridized carbons (Fsp3) is 0. The van der Waals surface area contributed by atoms with E-state index in [1.807, 2.05) is 22.7 Å². The van der Waals surface area contributed by atoms with Crippen molar-refractivity contribution >= 4 is 106 Å². The van der Waals surface area contributed by atoms with E-state index in [4.69, 9.17) is 15.0 Å². The van der Waals surface area contributed by atoms with Crippen LogP contribution in [0, 0.1) is 0 Å². The summed E-state index contributed by atoms with van der Waals surface area (Å²) in [6.45, 7) is 0. The SMILES string of the molecule is c1ccc(-c2cccc(-c3nc(-c4ccc5sc6ccccc6c5c4)nc(-c4c(-n5c6cc7ccccc7cc6c6ccc7ccccc7c65)ccc5sc6ccccc6c45)n3)c2)cc1. The highest BCUT2D eigenvalue weighted by Gasteiger charge is 2.25. The van der Waals surface area contributed by atoms with Crippen LogP contribution in [-0.4, -0.2) is 19.5 Å². The van der Waals surface area contributed by atoms with E-state index in [9.17, 15) is 0 Å². The van der Waals surface area contributed by atoms with E-state index in [-0.39, 0.29) is 0 Å². The van der Waals surface area contributed by atoms with Crippen LogP contribution >= 0.6 is 22.7 Å². The maximum atomic E-state index is 5.60. The minimum atomic E-state index is 0.624. The molecule has 0 amide bonds. The first-order valence-corrected chi connectivity index (χ1v) is 23.5. The molecule has 0 unspecified atom stereocenters. The topological polar surface area (TPSA) is 43.6 Å². The zero-order valence-corrected chi connectivity index (χ0v) is 36.4. The predicted octanol–water partition coefficient (Wildman–Crippen LogP) is 16.7. The van der Waals surface area contributed by atoms with E-state index < -0.39 is 0 Å². The third-order valence-electron chi connectivity index (χ3n) is 13.0. The first-order valence-electron chi connectivity index (χ1n) is 21.8. The normalized spacial score (nSPS) is 12.0. The molecule has 0 bridgehead atoms. The van der Waals surface area contributed by atoms with Crippen molar-refractivity contribution in [1.82, 2.24) is 19.5 Å². The zero-order chi connectivity index (χ0) is 42.6. The van der Waals surface area contributed by atoms with Gasteiger partial charge in [0.2, 0.25) is 0 Å². The van der Waals surface area contributed by atoms with Crippen LogP contribution in [-0.2, 0) is 0 Å². The van der Waals surface area contributed by atoms with E-state index in [1.165, 1.54) is 67.3 Å². The minimum absolute atomic E-state index is 0.624. The van der Waals surface area contributed by atoms with Crippen LogP contribution in [0.1, 0.15) is 0 Å². The Morgan fingerprint density at radius 3 is 1.75 bits per heavy atom. The van der Waals surface area contributed by atoms with Gasteiger partial charge in [-0.05, 0) is 87.9 Å². The largest absolute Gasteiger partial charge is 0.308 e. The molecular formula is C59H34N4S2. The van der Waals surface area contributed by atoms with E-state index in [0.29, 0.717) is 17.5 Å². The molecule has 0 atom stereocenters. The Hall–Kier alpha value is -8.03. The third kappa shape index (κ3) is 5.71. The van der Waals surface area contributed by atoms with Crippen LogP contribution in [0.25, 0.3) is 135 Å². The lowest BCUT2D eigenvalue weighted by molar-refractivity contribution is 1.07. The first-order chi connectivity index (χ1) is 32.2. The lowest BCUT2D eigenvalue weighted by Gasteiger charge is -2.17. The summed E-state index contributed by atoms with van der Waals surface area (Å²) in [6, 6.07) is 74.5. The summed E-state index contributed by atoms with van der Waals surface area (Å²) >= 11 is 3.63. The van der Waals surface area contributed by atoms with E-state index >= 15 is 0 Å². The van der Waals surface area contributed by atoms with Gasteiger partial charge in [0, 0.05) is 67.6 Å². The molecule has 0 fully saturated rings. The fourth-order valence-corrected chi connectivity index (χ4v) is 12.2. The second-order valence-corrected chi connectivity index (χ2v) is 18.9. The number of rotatable bonds is 5. The van der Waals surface area contributed by atoms with Crippen molar-refractivity contribution in [3.8, 4) is 51.0 Å². The van der Waals surface area contributed by atoms with E-state index in [1.54, 1.807) is 0 Å². The lowest BCUT2D eigenvalue weighted by Crippen LogP contribution is -2.04. The minimum Gasteiger partial charge on any atom is -0.308 e. The highest BCUT2D eigenvalue weighted by molar-refractivity contribution is 7.26. The summed E-state index contributed by atoms with van der Waals surface area (Å²) in [4.78, 5) is 16.6. The number of nitrogens with zero attached hydrogens (tertiary/aromatic N) is 4. The Morgan fingerprint density at radius 2 is 0.923 bits per heavy atom. The highest BCUT2D eigenvalue weighted by atomic mass is 32.1. The van der Waals surface area contributed by atoms with Gasteiger partial charge in [0.05, 0.1) is 22.3 Å². The summed E-state index contributed by atoms with van der Waals surface area (Å²) in [7, 11) is 0. The molecule has 0 saturated carbocycles. The molecule has 6 heteroatoms. The molecule has 14 aromatic rings. The Labute approximate surface area is 381 Å². The number of fused-ring (bicyclic) bond motifs is 12. The average molecular weight is 863 g/mol. The second-order valence-electron chi connectivity index (χ2n) is 16.7. The van der Waals surface area contributed by atoms with Gasteiger partial charge in [0.25, 0.3) is 0 Å². The monoisotopic (exact) mass is 862 g/mol. The van der Waals surface area contributed by atoms with Gasteiger partial charge in [-0.15, -0.1) is 22.7 Å². The van der Waals surface area contributed by atoms with Crippen molar-refractivity contribution in [2.45, 2.75) is 0 Å². The van der Waals surface area contributed by atoms with Crippen LogP contribution in [0.3, 0.4) is 0 Å². The molecule has 0 aliphatic rings. The standard InChI is InChI=1S/C59H34N4S2/c1-2-13-35(14-3-1)37-18-12-19-40(31-37)57-60-58(41-26-29-52-47(33-41)43-21-8-10-23-50(43)64-52)62-59(61-57)55-48(28-30-53-54(55)45-22-9-11-24-51(45)65-53)63-49-34-39-17-5-4-16-38(39)32-46(49)44-27-25-36-15-6-7-20-42(36)56(44)63/h1-34H. The Kier molecular flexibility index (Phi) is 7.99. The molecule has 0 saturated heterocycles. The second kappa shape index (κ2) is 14.2. The highest BCUT2D eigenvalue weighted by Crippen LogP contribution is 2.47. The molecule has 4 aromatic heterocycles. The quantitative estimate of drug-likeness (QED) is 0.173. The van der Waals surface area contributed by atoms with Crippen molar-refractivity contribution in [2.24, 2.45) is 0 Å². The Morgan fingerprint density at radius 1 is 0.323 bits per heavy atom. The van der Waals surface area contributed by atoms with Crippen molar-refractivity contribution in [3.63, 3.8) is 0 Å². The molecule has 4 heterocycles. The predicted molar refractivity (Wildman–Crippen MR) is 277 cm³/mol. The smallest absolute Gasteiger partial charge is 0.166 e. The van der Waals surface area contributed by atoms with Gasteiger partial charge < -0.3 is 4.57 Å². The Bertz CT molecular complexity index is 4250. The number of hydrogen-bond donors (Lipinski definition) is 0. The maximum Gasteiger partial charge on any atom is 0.166 e. The molecule has 10 aromatic carbocycles. The zero-order valence-electron chi connectivity index (χ0n) is 34.7. The molecule has 0 spiro atoms. The molecule has 302 valence electrons. The summed E-state index contributed by atoms with van der Waals surface area (Å²) < 4.78 is 7.40. The van der Waals surface area contributed by atoms with Gasteiger partial charge in [-0.25, -0.2) is 15.0 Å². The molecule has 0 aliphatic carbocycles. The number of benzene rings is 10. The summed E-state index contributed by atoms with van der Waals surface area (Å²) in [5.74, 6) is 1.89. The van der Waals surface area contributed by atoms with Crippen LogP contribution in [0.2, 0.25) is 0 Å². The van der Waals surface area contributed by atoms with Crippen LogP contribution in [0.15, 0.2) is 206 Å². The third-order valence-corrected chi connectivity index (χ3v) is 15.3. The van der Waals surface area contributed by atoms with Gasteiger partial charge in [-0.2, -0.15) is 0 Å². The fourth-order valence-electron chi connectivity index (χ4n) is 10.0. The molecule has 14 rings (SSSR count). The van der Waals surface area contributed by atoms with Gasteiger partial charge >= 0.3 is 0 Å². The number of thiophene rings is 2. The number of aromatic nitrogens is 4. The van der Waals surface area contributed by atoms with Crippen LogP contribution in [0.4, 0.5) is 0 Å². The summed E-state index contributed by atoms with van der Waals surface area (Å²) in [5.41, 5.74) is 8.41. The summed E-state index contributed by atoms with van der Waals surface area (Å²) in [5, 5.41) is 12.0. The average Bonchev–Trinajstić information content (AvgIpc) is 4.05. The van der Waals surface area contributed by atoms with Crippen LogP contribution < -0.4 is 0 Å². The molecule has 0 radical (unpaired) electrons. The molecule has 0 N–H and O–H groups in total.